The van der Waals surface area contributed by atoms with Crippen molar-refractivity contribution in [2.75, 3.05) is 7.05 Å². The number of aromatic hydroxyl groups is 1. The maximum absolute atomic E-state index is 12.3. The molecule has 7 nitrogen and oxygen atoms in total. The van der Waals surface area contributed by atoms with Crippen molar-refractivity contribution in [3.63, 3.8) is 0 Å². The van der Waals surface area contributed by atoms with Crippen LogP contribution < -0.4 is 10.7 Å². The minimum absolute atomic E-state index is 0.136. The molecule has 0 spiro atoms. The van der Waals surface area contributed by atoms with Gasteiger partial charge in [0.25, 0.3) is 5.43 Å². The van der Waals surface area contributed by atoms with Gasteiger partial charge in [0.05, 0.1) is 24.0 Å². The van der Waals surface area contributed by atoms with Crippen LogP contribution in [0.25, 0.3) is 16.7 Å². The summed E-state index contributed by atoms with van der Waals surface area (Å²) >= 11 is 0. The predicted molar refractivity (Wildman–Crippen MR) is 118 cm³/mol. The van der Waals surface area contributed by atoms with Crippen LogP contribution in [0.4, 0.5) is 0 Å². The fourth-order valence-electron chi connectivity index (χ4n) is 4.86. The van der Waals surface area contributed by atoms with Crippen molar-refractivity contribution in [2.24, 2.45) is 5.41 Å². The van der Waals surface area contributed by atoms with E-state index in [1.54, 1.807) is 11.7 Å². The molecule has 1 aliphatic rings. The van der Waals surface area contributed by atoms with E-state index in [0.717, 1.165) is 30.3 Å². The third-order valence-corrected chi connectivity index (χ3v) is 6.34. The number of rotatable bonds is 5. The number of fused-ring (bicyclic) bond motifs is 1. The van der Waals surface area contributed by atoms with Crippen LogP contribution in [0.3, 0.4) is 0 Å². The summed E-state index contributed by atoms with van der Waals surface area (Å²) in [4.78, 5) is 17.0. The first-order chi connectivity index (χ1) is 14.2. The number of nitrogens with zero attached hydrogens (tertiary/aromatic N) is 4. The molecule has 0 aromatic carbocycles. The average molecular weight is 408 g/mol. The van der Waals surface area contributed by atoms with Gasteiger partial charge < -0.3 is 15.0 Å². The summed E-state index contributed by atoms with van der Waals surface area (Å²) in [5.74, 6) is -0.324. The van der Waals surface area contributed by atoms with Crippen LogP contribution in [0.15, 0.2) is 42.1 Å². The lowest BCUT2D eigenvalue weighted by Crippen LogP contribution is -2.37. The first-order valence-corrected chi connectivity index (χ1v) is 10.3. The Labute approximate surface area is 176 Å². The SMILES string of the molecule is C=C(NC)c1nn(CC2(n3cc(C)c4cccnc43)CCC(C)(C)C2)cc(O)c1=O. The van der Waals surface area contributed by atoms with Crippen molar-refractivity contribution in [3.8, 4) is 5.75 Å². The molecule has 3 aromatic rings. The summed E-state index contributed by atoms with van der Waals surface area (Å²) in [6.45, 7) is 11.0. The van der Waals surface area contributed by atoms with Crippen molar-refractivity contribution in [3.05, 3.63) is 58.8 Å². The van der Waals surface area contributed by atoms with Crippen LogP contribution in [-0.4, -0.2) is 31.5 Å². The second-order valence-electron chi connectivity index (χ2n) is 9.24. The molecule has 30 heavy (non-hydrogen) atoms. The van der Waals surface area contributed by atoms with Gasteiger partial charge in [-0.2, -0.15) is 5.10 Å². The molecule has 0 bridgehead atoms. The van der Waals surface area contributed by atoms with E-state index in [0.29, 0.717) is 12.2 Å². The highest BCUT2D eigenvalue weighted by Gasteiger charge is 2.46. The monoisotopic (exact) mass is 407 g/mol. The topological polar surface area (TPSA) is 85.0 Å². The molecule has 1 unspecified atom stereocenters. The van der Waals surface area contributed by atoms with E-state index < -0.39 is 5.43 Å². The summed E-state index contributed by atoms with van der Waals surface area (Å²) in [7, 11) is 1.68. The predicted octanol–water partition coefficient (Wildman–Crippen LogP) is 3.40. The Kier molecular flexibility index (Phi) is 4.71. The standard InChI is InChI=1S/C23H29N5O2/c1-15-11-28(21-17(15)7-6-10-25-21)23(9-8-22(3,4)13-23)14-27-12-18(29)20(30)19(26-27)16(2)24-5/h6-7,10-12,24,29H,2,8-9,13-14H2,1,3-5H3. The van der Waals surface area contributed by atoms with Gasteiger partial charge in [-0.15, -0.1) is 0 Å². The second-order valence-corrected chi connectivity index (χ2v) is 9.24. The molecule has 0 saturated heterocycles. The molecule has 158 valence electrons. The Morgan fingerprint density at radius 2 is 2.10 bits per heavy atom. The largest absolute Gasteiger partial charge is 0.503 e. The molecule has 1 aliphatic carbocycles. The van der Waals surface area contributed by atoms with Crippen molar-refractivity contribution in [1.82, 2.24) is 24.6 Å². The first kappa shape index (κ1) is 20.2. The summed E-state index contributed by atoms with van der Waals surface area (Å²) in [6.07, 6.45) is 8.39. The zero-order chi connectivity index (χ0) is 21.7. The maximum atomic E-state index is 12.3. The number of aromatic nitrogens is 4. The molecule has 4 rings (SSSR count). The molecule has 2 N–H and O–H groups in total. The molecule has 7 heteroatoms. The van der Waals surface area contributed by atoms with E-state index in [2.05, 4.69) is 59.6 Å². The Balaban J connectivity index is 1.87. The number of pyridine rings is 1. The molecule has 1 saturated carbocycles. The fourth-order valence-corrected chi connectivity index (χ4v) is 4.86. The van der Waals surface area contributed by atoms with E-state index >= 15 is 0 Å². The van der Waals surface area contributed by atoms with Crippen LogP contribution in [0.2, 0.25) is 0 Å². The summed E-state index contributed by atoms with van der Waals surface area (Å²) in [6, 6.07) is 4.06. The van der Waals surface area contributed by atoms with Crippen LogP contribution in [0.5, 0.6) is 5.75 Å². The van der Waals surface area contributed by atoms with Gasteiger partial charge in [0.15, 0.2) is 11.4 Å². The number of nitrogens with one attached hydrogen (secondary N) is 1. The van der Waals surface area contributed by atoms with E-state index in [1.165, 1.54) is 11.8 Å². The minimum atomic E-state index is -0.518. The molecule has 1 atom stereocenters. The third-order valence-electron chi connectivity index (χ3n) is 6.34. The molecule has 0 amide bonds. The van der Waals surface area contributed by atoms with Crippen LogP contribution in [-0.2, 0) is 12.1 Å². The number of hydrogen-bond acceptors (Lipinski definition) is 5. The quantitative estimate of drug-likeness (QED) is 0.677. The smallest absolute Gasteiger partial charge is 0.251 e. The van der Waals surface area contributed by atoms with Crippen LogP contribution >= 0.6 is 0 Å². The average Bonchev–Trinajstić information content (AvgIpc) is 3.21. The zero-order valence-electron chi connectivity index (χ0n) is 18.1. The maximum Gasteiger partial charge on any atom is 0.251 e. The van der Waals surface area contributed by atoms with Crippen LogP contribution in [0, 0.1) is 12.3 Å². The molecule has 0 radical (unpaired) electrons. The van der Waals surface area contributed by atoms with Crippen molar-refractivity contribution >= 4 is 16.7 Å². The molecule has 1 fully saturated rings. The normalized spacial score (nSPS) is 20.5. The van der Waals surface area contributed by atoms with Crippen molar-refractivity contribution in [1.29, 1.82) is 0 Å². The summed E-state index contributed by atoms with van der Waals surface area (Å²) < 4.78 is 3.97. The highest BCUT2D eigenvalue weighted by atomic mass is 16.3. The van der Waals surface area contributed by atoms with Gasteiger partial charge in [-0.05, 0) is 49.3 Å². The molecule has 0 aliphatic heterocycles. The molecular formula is C23H29N5O2. The van der Waals surface area contributed by atoms with Gasteiger partial charge in [0.1, 0.15) is 5.65 Å². The fraction of sp³-hybridized carbons (Fsp3) is 0.435. The molecule has 3 aromatic heterocycles. The number of aryl methyl sites for hydroxylation is 1. The van der Waals surface area contributed by atoms with Gasteiger partial charge in [-0.25, -0.2) is 4.98 Å². The van der Waals surface area contributed by atoms with Gasteiger partial charge in [0, 0.05) is 24.8 Å². The summed E-state index contributed by atoms with van der Waals surface area (Å²) in [5.41, 5.74) is 2.04. The van der Waals surface area contributed by atoms with E-state index in [4.69, 9.17) is 0 Å². The van der Waals surface area contributed by atoms with E-state index in [1.807, 2.05) is 12.3 Å². The number of hydrogen-bond donors (Lipinski definition) is 2. The van der Waals surface area contributed by atoms with Gasteiger partial charge in [-0.3, -0.25) is 9.48 Å². The lowest BCUT2D eigenvalue weighted by atomic mass is 9.87. The van der Waals surface area contributed by atoms with E-state index in [9.17, 15) is 9.90 Å². The molecule has 3 heterocycles. The Morgan fingerprint density at radius 1 is 1.33 bits per heavy atom. The van der Waals surface area contributed by atoms with Crippen LogP contribution in [0.1, 0.15) is 44.4 Å². The lowest BCUT2D eigenvalue weighted by Gasteiger charge is -2.34. The summed E-state index contributed by atoms with van der Waals surface area (Å²) in [5, 5.41) is 18.8. The second kappa shape index (κ2) is 7.00. The Hall–Kier alpha value is -3.09. The third kappa shape index (κ3) is 3.28. The van der Waals surface area contributed by atoms with Gasteiger partial charge in [-0.1, -0.05) is 20.4 Å². The lowest BCUT2D eigenvalue weighted by molar-refractivity contribution is 0.213. The van der Waals surface area contributed by atoms with Gasteiger partial charge in [0.2, 0.25) is 0 Å². The Bertz CT molecular complexity index is 1190. The highest BCUT2D eigenvalue weighted by molar-refractivity contribution is 5.80. The van der Waals surface area contributed by atoms with Gasteiger partial charge >= 0.3 is 0 Å². The zero-order valence-corrected chi connectivity index (χ0v) is 18.1. The Morgan fingerprint density at radius 3 is 2.77 bits per heavy atom. The highest BCUT2D eigenvalue weighted by Crippen LogP contribution is 2.50. The molecular weight excluding hydrogens is 378 g/mol. The van der Waals surface area contributed by atoms with E-state index in [-0.39, 0.29) is 22.4 Å². The van der Waals surface area contributed by atoms with Crippen molar-refractivity contribution in [2.45, 2.75) is 52.1 Å². The minimum Gasteiger partial charge on any atom is -0.503 e. The van der Waals surface area contributed by atoms with Crippen molar-refractivity contribution < 1.29 is 5.11 Å². The first-order valence-electron chi connectivity index (χ1n) is 10.3.